The summed E-state index contributed by atoms with van der Waals surface area (Å²) in [5.74, 6) is -2.55. The molecule has 0 aliphatic carbocycles. The lowest BCUT2D eigenvalue weighted by Gasteiger charge is -2.20. The summed E-state index contributed by atoms with van der Waals surface area (Å²) < 4.78 is 15.0. The second-order valence-corrected chi connectivity index (χ2v) is 6.45. The molecule has 0 amide bonds. The molecule has 0 bridgehead atoms. The third kappa shape index (κ3) is 7.18. The van der Waals surface area contributed by atoms with E-state index in [-0.39, 0.29) is 31.5 Å². The van der Waals surface area contributed by atoms with E-state index in [1.807, 2.05) is 19.1 Å². The Bertz CT molecular complexity index is 659. The molecule has 154 valence electrons. The Labute approximate surface area is 166 Å². The van der Waals surface area contributed by atoms with E-state index in [1.54, 1.807) is 32.9 Å². The number of esters is 3. The van der Waals surface area contributed by atoms with Crippen molar-refractivity contribution in [3.05, 3.63) is 47.5 Å². The number of ether oxygens (including phenoxy) is 3. The Hall–Kier alpha value is -2.63. The Kier molecular flexibility index (Phi) is 9.99. The van der Waals surface area contributed by atoms with Gasteiger partial charge in [0.15, 0.2) is 5.92 Å². The van der Waals surface area contributed by atoms with E-state index in [0.717, 1.165) is 11.1 Å². The smallest absolute Gasteiger partial charge is 0.338 e. The predicted molar refractivity (Wildman–Crippen MR) is 106 cm³/mol. The molecule has 1 atom stereocenters. The van der Waals surface area contributed by atoms with Crippen LogP contribution in [0.25, 0.3) is 0 Å². The maximum absolute atomic E-state index is 12.1. The first kappa shape index (κ1) is 23.4. The van der Waals surface area contributed by atoms with Crippen molar-refractivity contribution in [2.24, 2.45) is 11.8 Å². The highest BCUT2D eigenvalue weighted by molar-refractivity contribution is 5.95. The van der Waals surface area contributed by atoms with E-state index >= 15 is 0 Å². The molecule has 1 aromatic rings. The summed E-state index contributed by atoms with van der Waals surface area (Å²) in [6.07, 6.45) is 0.847. The van der Waals surface area contributed by atoms with Crippen LogP contribution < -0.4 is 0 Å². The fourth-order valence-corrected chi connectivity index (χ4v) is 2.70. The molecule has 0 aliphatic rings. The van der Waals surface area contributed by atoms with Crippen LogP contribution in [0.1, 0.15) is 50.0 Å². The summed E-state index contributed by atoms with van der Waals surface area (Å²) >= 11 is 0. The van der Waals surface area contributed by atoms with Crippen molar-refractivity contribution in [1.29, 1.82) is 0 Å². The van der Waals surface area contributed by atoms with Gasteiger partial charge in [-0.2, -0.15) is 0 Å². The van der Waals surface area contributed by atoms with Crippen LogP contribution >= 0.6 is 0 Å². The summed E-state index contributed by atoms with van der Waals surface area (Å²) in [5, 5.41) is 0. The SMILES string of the molecule is C=C(Cc1ccc(C(=O)OCC)cc1)C(C)CC(C(=O)OCC)C(=O)OCC. The van der Waals surface area contributed by atoms with Gasteiger partial charge >= 0.3 is 17.9 Å². The van der Waals surface area contributed by atoms with Gasteiger partial charge in [-0.15, -0.1) is 0 Å². The Morgan fingerprint density at radius 1 is 0.893 bits per heavy atom. The third-order valence-electron chi connectivity index (χ3n) is 4.32. The quantitative estimate of drug-likeness (QED) is 0.248. The molecular weight excluding hydrogens is 360 g/mol. The maximum Gasteiger partial charge on any atom is 0.338 e. The molecule has 0 aliphatic heterocycles. The number of hydrogen-bond acceptors (Lipinski definition) is 6. The molecule has 1 rings (SSSR count). The molecule has 0 saturated carbocycles. The van der Waals surface area contributed by atoms with Gasteiger partial charge in [-0.05, 0) is 57.2 Å². The predicted octanol–water partition coefficient (Wildman–Crippen LogP) is 3.73. The summed E-state index contributed by atoms with van der Waals surface area (Å²) in [5.41, 5.74) is 2.35. The van der Waals surface area contributed by atoms with Gasteiger partial charge in [0, 0.05) is 0 Å². The number of allylic oxidation sites excluding steroid dienone is 1. The highest BCUT2D eigenvalue weighted by Crippen LogP contribution is 2.24. The van der Waals surface area contributed by atoms with Gasteiger partial charge in [0.05, 0.1) is 25.4 Å². The van der Waals surface area contributed by atoms with E-state index in [9.17, 15) is 14.4 Å². The Balaban J connectivity index is 2.75. The van der Waals surface area contributed by atoms with Crippen molar-refractivity contribution >= 4 is 17.9 Å². The standard InChI is InChI=1S/C22H30O6/c1-6-26-20(23)18-11-9-17(10-12-18)13-15(4)16(5)14-19(21(24)27-7-2)22(25)28-8-3/h9-12,16,19H,4,6-8,13-14H2,1-3,5H3. The second-order valence-electron chi connectivity index (χ2n) is 6.45. The van der Waals surface area contributed by atoms with Crippen LogP contribution in [0.3, 0.4) is 0 Å². The van der Waals surface area contributed by atoms with Crippen LogP contribution in [0.4, 0.5) is 0 Å². The van der Waals surface area contributed by atoms with Crippen LogP contribution in [0, 0.1) is 11.8 Å². The minimum Gasteiger partial charge on any atom is -0.465 e. The molecule has 0 spiro atoms. The largest absolute Gasteiger partial charge is 0.465 e. The average Bonchev–Trinajstić information content (AvgIpc) is 2.66. The fourth-order valence-electron chi connectivity index (χ4n) is 2.70. The van der Waals surface area contributed by atoms with E-state index in [1.165, 1.54) is 0 Å². The molecule has 0 radical (unpaired) electrons. The highest BCUT2D eigenvalue weighted by Gasteiger charge is 2.31. The van der Waals surface area contributed by atoms with Crippen molar-refractivity contribution < 1.29 is 28.6 Å². The van der Waals surface area contributed by atoms with Crippen molar-refractivity contribution in [2.75, 3.05) is 19.8 Å². The van der Waals surface area contributed by atoms with Crippen LogP contribution in [-0.2, 0) is 30.2 Å². The minimum absolute atomic E-state index is 0.0939. The molecular formula is C22H30O6. The topological polar surface area (TPSA) is 78.9 Å². The molecule has 0 heterocycles. The lowest BCUT2D eigenvalue weighted by Crippen LogP contribution is -2.30. The Morgan fingerprint density at radius 2 is 1.39 bits per heavy atom. The van der Waals surface area contributed by atoms with Gasteiger partial charge in [0.2, 0.25) is 0 Å². The van der Waals surface area contributed by atoms with Gasteiger partial charge in [-0.25, -0.2) is 4.79 Å². The summed E-state index contributed by atoms with van der Waals surface area (Å²) in [6.45, 7) is 11.9. The van der Waals surface area contributed by atoms with E-state index in [2.05, 4.69) is 6.58 Å². The monoisotopic (exact) mass is 390 g/mol. The van der Waals surface area contributed by atoms with Gasteiger partial charge in [-0.3, -0.25) is 9.59 Å². The number of benzene rings is 1. The van der Waals surface area contributed by atoms with Gasteiger partial charge in [-0.1, -0.05) is 31.2 Å². The molecule has 6 nitrogen and oxygen atoms in total. The molecule has 6 heteroatoms. The molecule has 1 aromatic carbocycles. The van der Waals surface area contributed by atoms with Crippen molar-refractivity contribution in [1.82, 2.24) is 0 Å². The van der Waals surface area contributed by atoms with Crippen LogP contribution in [0.2, 0.25) is 0 Å². The fraction of sp³-hybridized carbons (Fsp3) is 0.500. The summed E-state index contributed by atoms with van der Waals surface area (Å²) in [7, 11) is 0. The Morgan fingerprint density at radius 3 is 1.86 bits per heavy atom. The number of carbonyl (C=O) groups excluding carboxylic acids is 3. The highest BCUT2D eigenvalue weighted by atomic mass is 16.6. The average molecular weight is 390 g/mol. The first-order valence-corrected chi connectivity index (χ1v) is 9.60. The lowest BCUT2D eigenvalue weighted by atomic mass is 9.87. The zero-order valence-corrected chi connectivity index (χ0v) is 17.2. The lowest BCUT2D eigenvalue weighted by molar-refractivity contribution is -0.162. The maximum atomic E-state index is 12.1. The number of carbonyl (C=O) groups is 3. The molecule has 0 aromatic heterocycles. The first-order chi connectivity index (χ1) is 13.3. The van der Waals surface area contributed by atoms with Crippen molar-refractivity contribution in [3.63, 3.8) is 0 Å². The zero-order valence-electron chi connectivity index (χ0n) is 17.2. The van der Waals surface area contributed by atoms with Crippen LogP contribution in [0.5, 0.6) is 0 Å². The summed E-state index contributed by atoms with van der Waals surface area (Å²) in [4.78, 5) is 36.0. The van der Waals surface area contributed by atoms with Gasteiger partial charge in [0.1, 0.15) is 0 Å². The normalized spacial score (nSPS) is 11.6. The third-order valence-corrected chi connectivity index (χ3v) is 4.32. The zero-order chi connectivity index (χ0) is 21.1. The molecule has 0 fully saturated rings. The van der Waals surface area contributed by atoms with Crippen molar-refractivity contribution in [3.8, 4) is 0 Å². The first-order valence-electron chi connectivity index (χ1n) is 9.60. The molecule has 0 N–H and O–H groups in total. The molecule has 0 saturated heterocycles. The van der Waals surface area contributed by atoms with Gasteiger partial charge in [0.25, 0.3) is 0 Å². The molecule has 1 unspecified atom stereocenters. The van der Waals surface area contributed by atoms with Gasteiger partial charge < -0.3 is 14.2 Å². The van der Waals surface area contributed by atoms with Crippen LogP contribution in [-0.4, -0.2) is 37.7 Å². The molecule has 28 heavy (non-hydrogen) atoms. The number of rotatable bonds is 11. The van der Waals surface area contributed by atoms with Crippen LogP contribution in [0.15, 0.2) is 36.4 Å². The minimum atomic E-state index is -0.960. The van der Waals surface area contributed by atoms with Crippen molar-refractivity contribution in [2.45, 2.75) is 40.5 Å². The van der Waals surface area contributed by atoms with E-state index < -0.39 is 17.9 Å². The summed E-state index contributed by atoms with van der Waals surface area (Å²) in [6, 6.07) is 7.12. The second kappa shape index (κ2) is 12.0. The van der Waals surface area contributed by atoms with E-state index in [0.29, 0.717) is 18.6 Å². The van der Waals surface area contributed by atoms with E-state index in [4.69, 9.17) is 14.2 Å². The number of hydrogen-bond donors (Lipinski definition) is 0.